The van der Waals surface area contributed by atoms with E-state index in [0.717, 1.165) is 47.2 Å². The molecule has 0 aliphatic carbocycles. The van der Waals surface area contributed by atoms with Gasteiger partial charge in [-0.25, -0.2) is 9.59 Å². The van der Waals surface area contributed by atoms with Gasteiger partial charge in [0.15, 0.2) is 0 Å². The van der Waals surface area contributed by atoms with Gasteiger partial charge in [-0.1, -0.05) is 28.1 Å². The smallest absolute Gasteiger partial charge is 0.416 e. The number of carbonyl (C=O) groups is 2. The maximum atomic E-state index is 13.5. The third kappa shape index (κ3) is 6.09. The first-order valence-electron chi connectivity index (χ1n) is 11.9. The summed E-state index contributed by atoms with van der Waals surface area (Å²) in [5.74, 6) is -1.27. The first-order chi connectivity index (χ1) is 18.5. The summed E-state index contributed by atoms with van der Waals surface area (Å²) in [6.07, 6.45) is -2.55. The highest BCUT2D eigenvalue weighted by atomic mass is 79.9. The average Bonchev–Trinajstić information content (AvgIpc) is 2.91. The Kier molecular flexibility index (Phi) is 9.40. The van der Waals surface area contributed by atoms with Crippen LogP contribution >= 0.6 is 15.9 Å². The van der Waals surface area contributed by atoms with Crippen molar-refractivity contribution >= 4 is 39.6 Å². The van der Waals surface area contributed by atoms with Crippen LogP contribution in [0.5, 0.6) is 0 Å². The van der Waals surface area contributed by atoms with Crippen molar-refractivity contribution < 1.29 is 27.5 Å². The molecule has 0 unspecified atom stereocenters. The van der Waals surface area contributed by atoms with Gasteiger partial charge >= 0.3 is 18.2 Å². The van der Waals surface area contributed by atoms with E-state index in [9.17, 15) is 28.0 Å². The van der Waals surface area contributed by atoms with Crippen molar-refractivity contribution in [3.05, 3.63) is 76.0 Å². The SMILES string of the molecule is CNC(=O)N1C(=N)N(c2cccc(C(F)(F)F)c2)C(C)=C(C(=O)OC)[C@H]1c1ccc(C#N)cc1CCCCBr. The third-order valence-electron chi connectivity index (χ3n) is 6.36. The number of rotatable bonds is 7. The minimum absolute atomic E-state index is 0.0269. The maximum absolute atomic E-state index is 13.5. The van der Waals surface area contributed by atoms with Crippen molar-refractivity contribution in [2.24, 2.45) is 0 Å². The summed E-state index contributed by atoms with van der Waals surface area (Å²) in [7, 11) is 2.51. The van der Waals surface area contributed by atoms with Gasteiger partial charge in [0.1, 0.15) is 6.04 Å². The monoisotopic (exact) mass is 605 g/mol. The zero-order valence-corrected chi connectivity index (χ0v) is 23.1. The van der Waals surface area contributed by atoms with Crippen molar-refractivity contribution in [3.8, 4) is 6.07 Å². The van der Waals surface area contributed by atoms with E-state index in [1.807, 2.05) is 0 Å². The van der Waals surface area contributed by atoms with E-state index in [1.54, 1.807) is 18.2 Å². The highest BCUT2D eigenvalue weighted by Gasteiger charge is 2.45. The van der Waals surface area contributed by atoms with Crippen LogP contribution in [0.3, 0.4) is 0 Å². The number of allylic oxidation sites excluding steroid dienone is 1. The van der Waals surface area contributed by atoms with Crippen molar-refractivity contribution in [1.82, 2.24) is 10.2 Å². The number of urea groups is 1. The highest BCUT2D eigenvalue weighted by Crippen LogP contribution is 2.42. The fourth-order valence-corrected chi connectivity index (χ4v) is 4.94. The molecule has 0 aromatic heterocycles. The van der Waals surface area contributed by atoms with Crippen LogP contribution in [-0.4, -0.2) is 42.3 Å². The topological polar surface area (TPSA) is 110 Å². The van der Waals surface area contributed by atoms with Gasteiger partial charge in [0, 0.05) is 23.8 Å². The van der Waals surface area contributed by atoms with Crippen molar-refractivity contribution in [2.45, 2.75) is 38.4 Å². The zero-order valence-electron chi connectivity index (χ0n) is 21.5. The molecule has 39 heavy (non-hydrogen) atoms. The predicted octanol–water partition coefficient (Wildman–Crippen LogP) is 5.88. The zero-order chi connectivity index (χ0) is 28.9. The van der Waals surface area contributed by atoms with Gasteiger partial charge < -0.3 is 10.1 Å². The van der Waals surface area contributed by atoms with Gasteiger partial charge in [-0.05, 0) is 67.6 Å². The number of esters is 1. The number of guanidine groups is 1. The molecule has 0 radical (unpaired) electrons. The lowest BCUT2D eigenvalue weighted by molar-refractivity contribution is -0.138. The summed E-state index contributed by atoms with van der Waals surface area (Å²) in [5.41, 5.74) is 0.682. The van der Waals surface area contributed by atoms with Gasteiger partial charge in [-0.3, -0.25) is 15.2 Å². The number of unbranched alkanes of at least 4 members (excludes halogenated alkanes) is 1. The molecule has 0 saturated heterocycles. The van der Waals surface area contributed by atoms with Crippen LogP contribution in [0.1, 0.15) is 48.1 Å². The van der Waals surface area contributed by atoms with E-state index in [-0.39, 0.29) is 17.0 Å². The normalized spacial score (nSPS) is 15.7. The van der Waals surface area contributed by atoms with Gasteiger partial charge in [0.25, 0.3) is 0 Å². The molecular formula is C27H27BrF3N5O3. The van der Waals surface area contributed by atoms with E-state index in [0.29, 0.717) is 23.1 Å². The number of aryl methyl sites for hydroxylation is 1. The molecule has 8 nitrogen and oxygen atoms in total. The number of halogens is 4. The van der Waals surface area contributed by atoms with Crippen molar-refractivity contribution in [3.63, 3.8) is 0 Å². The van der Waals surface area contributed by atoms with E-state index in [1.165, 1.54) is 26.1 Å². The van der Waals surface area contributed by atoms with E-state index in [2.05, 4.69) is 27.3 Å². The summed E-state index contributed by atoms with van der Waals surface area (Å²) in [4.78, 5) is 28.6. The van der Waals surface area contributed by atoms with Crippen LogP contribution < -0.4 is 10.2 Å². The first-order valence-corrected chi connectivity index (χ1v) is 13.1. The number of hydrogen-bond acceptors (Lipinski definition) is 5. The van der Waals surface area contributed by atoms with Crippen LogP contribution in [0.25, 0.3) is 0 Å². The van der Waals surface area contributed by atoms with E-state index < -0.39 is 35.7 Å². The number of hydrogen-bond donors (Lipinski definition) is 2. The van der Waals surface area contributed by atoms with Gasteiger partial charge in [0.05, 0.1) is 29.9 Å². The summed E-state index contributed by atoms with van der Waals surface area (Å²) in [6.45, 7) is 1.49. The van der Waals surface area contributed by atoms with Crippen LogP contribution in [0, 0.1) is 16.7 Å². The second-order valence-electron chi connectivity index (χ2n) is 8.70. The van der Waals surface area contributed by atoms with Gasteiger partial charge in [-0.2, -0.15) is 18.4 Å². The van der Waals surface area contributed by atoms with Gasteiger partial charge in [-0.15, -0.1) is 0 Å². The van der Waals surface area contributed by atoms with E-state index in [4.69, 9.17) is 10.1 Å². The minimum Gasteiger partial charge on any atom is -0.466 e. The Hall–Kier alpha value is -3.85. The summed E-state index contributed by atoms with van der Waals surface area (Å²) in [5, 5.41) is 21.7. The molecule has 1 heterocycles. The molecule has 2 aromatic rings. The molecule has 0 fully saturated rings. The van der Waals surface area contributed by atoms with Crippen molar-refractivity contribution in [2.75, 3.05) is 24.4 Å². The van der Waals surface area contributed by atoms with Crippen LogP contribution in [0.4, 0.5) is 23.7 Å². The van der Waals surface area contributed by atoms with Crippen LogP contribution in [-0.2, 0) is 22.1 Å². The largest absolute Gasteiger partial charge is 0.466 e. The van der Waals surface area contributed by atoms with Crippen LogP contribution in [0.2, 0.25) is 0 Å². The fraction of sp³-hybridized carbons (Fsp3) is 0.333. The average molecular weight is 606 g/mol. The number of methoxy groups -OCH3 is 1. The first kappa shape index (κ1) is 29.7. The third-order valence-corrected chi connectivity index (χ3v) is 6.92. The lowest BCUT2D eigenvalue weighted by Crippen LogP contribution is -2.56. The number of anilines is 1. The molecule has 3 rings (SSSR count). The molecule has 1 aliphatic rings. The molecule has 1 atom stereocenters. The summed E-state index contributed by atoms with van der Waals surface area (Å²) >= 11 is 3.40. The molecule has 0 saturated carbocycles. The molecule has 1 aliphatic heterocycles. The van der Waals surface area contributed by atoms with E-state index >= 15 is 0 Å². The van der Waals surface area contributed by atoms with Gasteiger partial charge in [0.2, 0.25) is 5.96 Å². The Morgan fingerprint density at radius 3 is 2.51 bits per heavy atom. The Bertz CT molecular complexity index is 1350. The lowest BCUT2D eigenvalue weighted by Gasteiger charge is -2.43. The number of benzene rings is 2. The second kappa shape index (κ2) is 12.3. The van der Waals surface area contributed by atoms with Crippen LogP contribution in [0.15, 0.2) is 53.7 Å². The molecule has 12 heteroatoms. The Labute approximate surface area is 232 Å². The number of nitrogens with one attached hydrogen (secondary N) is 2. The Morgan fingerprint density at radius 2 is 1.92 bits per heavy atom. The quantitative estimate of drug-likeness (QED) is 0.233. The standard InChI is InChI=1S/C27H27BrF3N5O3/c1-16-22(24(37)39-3)23(21-11-10-17(15-32)13-18(21)7-4-5-12-28)36(26(38)34-2)25(33)35(16)20-9-6-8-19(14-20)27(29,30)31/h6,8-11,13-14,23,33H,4-5,7,12H2,1-3H3,(H,34,38)/t23-/m1/s1. The fourth-order valence-electron chi connectivity index (χ4n) is 4.54. The molecule has 0 spiro atoms. The number of nitrogens with zero attached hydrogens (tertiary/aromatic N) is 3. The highest BCUT2D eigenvalue weighted by molar-refractivity contribution is 9.09. The molecule has 0 bridgehead atoms. The number of nitriles is 1. The van der Waals surface area contributed by atoms with Crippen molar-refractivity contribution in [1.29, 1.82) is 10.7 Å². The second-order valence-corrected chi connectivity index (χ2v) is 9.49. The number of amides is 2. The molecule has 2 amide bonds. The molecular weight excluding hydrogens is 579 g/mol. The molecule has 206 valence electrons. The Balaban J connectivity index is 2.33. The Morgan fingerprint density at radius 1 is 1.21 bits per heavy atom. The lowest BCUT2D eigenvalue weighted by atomic mass is 9.87. The minimum atomic E-state index is -4.65. The maximum Gasteiger partial charge on any atom is 0.416 e. The molecule has 2 aromatic carbocycles. The number of carbonyl (C=O) groups excluding carboxylic acids is 2. The molecule has 2 N–H and O–H groups in total. The number of alkyl halides is 4. The predicted molar refractivity (Wildman–Crippen MR) is 143 cm³/mol. The summed E-state index contributed by atoms with van der Waals surface area (Å²) < 4.78 is 45.6. The summed E-state index contributed by atoms with van der Waals surface area (Å²) in [6, 6.07) is 9.35. The number of ether oxygens (including phenoxy) is 1.